The van der Waals surface area contributed by atoms with E-state index >= 15 is 0 Å². The van der Waals surface area contributed by atoms with Crippen LogP contribution in [0.5, 0.6) is 0 Å². The number of nitriles is 1. The van der Waals surface area contributed by atoms with Gasteiger partial charge in [-0.3, -0.25) is 4.68 Å². The molecule has 0 spiro atoms. The number of aromatic nitrogens is 2. The van der Waals surface area contributed by atoms with Gasteiger partial charge in [0.25, 0.3) is 0 Å². The molecule has 0 aromatic carbocycles. The molecule has 2 heterocycles. The van der Waals surface area contributed by atoms with Gasteiger partial charge >= 0.3 is 0 Å². The van der Waals surface area contributed by atoms with Gasteiger partial charge in [0.15, 0.2) is 5.69 Å². The summed E-state index contributed by atoms with van der Waals surface area (Å²) in [7, 11) is 4.06. The summed E-state index contributed by atoms with van der Waals surface area (Å²) in [5.74, 6) is 0.519. The van der Waals surface area contributed by atoms with E-state index in [4.69, 9.17) is 5.26 Å². The highest BCUT2D eigenvalue weighted by Gasteiger charge is 2.25. The molecule has 0 saturated carbocycles. The highest BCUT2D eigenvalue weighted by atomic mass is 79.9. The molecule has 5 heteroatoms. The largest absolute Gasteiger partial charge is 0.306 e. The average molecular weight is 283 g/mol. The predicted octanol–water partition coefficient (Wildman–Crippen LogP) is 1.86. The van der Waals surface area contributed by atoms with Crippen LogP contribution in [-0.4, -0.2) is 34.8 Å². The van der Waals surface area contributed by atoms with Gasteiger partial charge in [0, 0.05) is 13.0 Å². The van der Waals surface area contributed by atoms with Crippen molar-refractivity contribution in [2.24, 2.45) is 7.05 Å². The monoisotopic (exact) mass is 282 g/mol. The van der Waals surface area contributed by atoms with Gasteiger partial charge in [0.2, 0.25) is 0 Å². The zero-order chi connectivity index (χ0) is 11.7. The number of likely N-dealkylation sites (tertiary alicyclic amines) is 1. The molecule has 1 saturated heterocycles. The second kappa shape index (κ2) is 4.56. The molecule has 0 aliphatic carbocycles. The molecule has 0 unspecified atom stereocenters. The van der Waals surface area contributed by atoms with Gasteiger partial charge < -0.3 is 4.90 Å². The van der Waals surface area contributed by atoms with E-state index in [9.17, 15) is 0 Å². The van der Waals surface area contributed by atoms with Crippen LogP contribution in [0.4, 0.5) is 0 Å². The van der Waals surface area contributed by atoms with E-state index < -0.39 is 0 Å². The van der Waals surface area contributed by atoms with Crippen molar-refractivity contribution < 1.29 is 0 Å². The number of rotatable bonds is 1. The first-order valence-electron chi connectivity index (χ1n) is 5.44. The fraction of sp³-hybridized carbons (Fsp3) is 0.636. The van der Waals surface area contributed by atoms with Gasteiger partial charge in [-0.1, -0.05) is 0 Å². The summed E-state index contributed by atoms with van der Waals surface area (Å²) >= 11 is 3.49. The van der Waals surface area contributed by atoms with Crippen LogP contribution in [0, 0.1) is 11.3 Å². The van der Waals surface area contributed by atoms with Crippen LogP contribution in [-0.2, 0) is 7.05 Å². The maximum Gasteiger partial charge on any atom is 0.176 e. The predicted molar refractivity (Wildman–Crippen MR) is 65.1 cm³/mol. The molecule has 2 rings (SSSR count). The van der Waals surface area contributed by atoms with Crippen molar-refractivity contribution in [1.82, 2.24) is 14.7 Å². The topological polar surface area (TPSA) is 44.9 Å². The summed E-state index contributed by atoms with van der Waals surface area (Å²) in [5, 5.41) is 13.2. The molecular weight excluding hydrogens is 268 g/mol. The standard InChI is InChI=1S/C11H15BrN4/c1-15-5-3-8(4-6-15)11-10(12)9(7-13)14-16(11)2/h8H,3-6H2,1-2H3. The van der Waals surface area contributed by atoms with Gasteiger partial charge in [0.1, 0.15) is 6.07 Å². The molecule has 4 nitrogen and oxygen atoms in total. The maximum atomic E-state index is 8.93. The smallest absolute Gasteiger partial charge is 0.176 e. The first-order valence-corrected chi connectivity index (χ1v) is 6.23. The van der Waals surface area contributed by atoms with Crippen LogP contribution >= 0.6 is 15.9 Å². The number of hydrogen-bond donors (Lipinski definition) is 0. The van der Waals surface area contributed by atoms with Crippen LogP contribution in [0.2, 0.25) is 0 Å². The third-order valence-corrected chi connectivity index (χ3v) is 4.02. The molecule has 0 radical (unpaired) electrons. The van der Waals surface area contributed by atoms with Crippen molar-refractivity contribution in [2.75, 3.05) is 20.1 Å². The van der Waals surface area contributed by atoms with Gasteiger partial charge in [-0.2, -0.15) is 10.4 Å². The molecule has 86 valence electrons. The van der Waals surface area contributed by atoms with E-state index in [0.717, 1.165) is 30.4 Å². The lowest BCUT2D eigenvalue weighted by atomic mass is 9.93. The van der Waals surface area contributed by atoms with E-state index in [0.29, 0.717) is 11.6 Å². The molecular formula is C11H15BrN4. The minimum atomic E-state index is 0.497. The van der Waals surface area contributed by atoms with E-state index in [1.54, 1.807) is 0 Å². The Kier molecular flexibility index (Phi) is 3.31. The summed E-state index contributed by atoms with van der Waals surface area (Å²) in [6.45, 7) is 2.23. The van der Waals surface area contributed by atoms with Crippen molar-refractivity contribution >= 4 is 15.9 Å². The Labute approximate surface area is 104 Å². The van der Waals surface area contributed by atoms with Crippen LogP contribution in [0.3, 0.4) is 0 Å². The number of aryl methyl sites for hydroxylation is 1. The molecule has 1 aliphatic rings. The van der Waals surface area contributed by atoms with E-state index in [2.05, 4.69) is 39.0 Å². The second-order valence-electron chi connectivity index (χ2n) is 4.36. The van der Waals surface area contributed by atoms with E-state index in [1.807, 2.05) is 11.7 Å². The number of nitrogens with zero attached hydrogens (tertiary/aromatic N) is 4. The average Bonchev–Trinajstić information content (AvgIpc) is 2.56. The van der Waals surface area contributed by atoms with E-state index in [-0.39, 0.29) is 0 Å². The SMILES string of the molecule is CN1CCC(c2c(Br)c(C#N)nn2C)CC1. The minimum absolute atomic E-state index is 0.497. The lowest BCUT2D eigenvalue weighted by molar-refractivity contribution is 0.250. The van der Waals surface area contributed by atoms with Crippen LogP contribution in [0.15, 0.2) is 4.47 Å². The molecule has 0 atom stereocenters. The van der Waals surface area contributed by atoms with Crippen molar-refractivity contribution in [3.63, 3.8) is 0 Å². The van der Waals surface area contributed by atoms with Crippen molar-refractivity contribution in [3.05, 3.63) is 15.9 Å². The molecule has 1 fully saturated rings. The zero-order valence-corrected chi connectivity index (χ0v) is 11.2. The Bertz CT molecular complexity index is 424. The molecule has 16 heavy (non-hydrogen) atoms. The third kappa shape index (κ3) is 2.00. The van der Waals surface area contributed by atoms with Gasteiger partial charge in [-0.05, 0) is 48.9 Å². The highest BCUT2D eigenvalue weighted by Crippen LogP contribution is 2.33. The summed E-state index contributed by atoms with van der Waals surface area (Å²) in [5.41, 5.74) is 1.67. The molecule has 0 N–H and O–H groups in total. The molecule has 1 aromatic heterocycles. The normalized spacial score (nSPS) is 18.6. The number of piperidine rings is 1. The third-order valence-electron chi connectivity index (χ3n) is 3.24. The Hall–Kier alpha value is -0.860. The molecule has 0 amide bonds. The lowest BCUT2D eigenvalue weighted by Gasteiger charge is -2.29. The molecule has 1 aliphatic heterocycles. The highest BCUT2D eigenvalue weighted by molar-refractivity contribution is 9.10. The van der Waals surface area contributed by atoms with Crippen LogP contribution in [0.1, 0.15) is 30.1 Å². The summed E-state index contributed by atoms with van der Waals surface area (Å²) in [6.07, 6.45) is 2.28. The number of hydrogen-bond acceptors (Lipinski definition) is 3. The Balaban J connectivity index is 2.27. The van der Waals surface area contributed by atoms with E-state index in [1.165, 1.54) is 5.69 Å². The lowest BCUT2D eigenvalue weighted by Crippen LogP contribution is -2.30. The fourth-order valence-corrected chi connectivity index (χ4v) is 3.06. The van der Waals surface area contributed by atoms with Crippen molar-refractivity contribution in [3.8, 4) is 6.07 Å². The van der Waals surface area contributed by atoms with Crippen LogP contribution < -0.4 is 0 Å². The van der Waals surface area contributed by atoms with Gasteiger partial charge in [0.05, 0.1) is 10.2 Å². The summed E-state index contributed by atoms with van der Waals surface area (Å²) in [4.78, 5) is 2.34. The Morgan fingerprint density at radius 2 is 2.00 bits per heavy atom. The summed E-state index contributed by atoms with van der Waals surface area (Å²) in [6, 6.07) is 2.12. The minimum Gasteiger partial charge on any atom is -0.306 e. The van der Waals surface area contributed by atoms with Gasteiger partial charge in [-0.15, -0.1) is 0 Å². The zero-order valence-electron chi connectivity index (χ0n) is 9.57. The maximum absolute atomic E-state index is 8.93. The van der Waals surface area contributed by atoms with Crippen LogP contribution in [0.25, 0.3) is 0 Å². The summed E-state index contributed by atoms with van der Waals surface area (Å²) < 4.78 is 2.73. The first kappa shape index (κ1) is 11.6. The Morgan fingerprint density at radius 3 is 2.50 bits per heavy atom. The number of halogens is 1. The van der Waals surface area contributed by atoms with Crippen molar-refractivity contribution in [2.45, 2.75) is 18.8 Å². The Morgan fingerprint density at radius 1 is 1.38 bits per heavy atom. The first-order chi connectivity index (χ1) is 7.63. The van der Waals surface area contributed by atoms with Crippen molar-refractivity contribution in [1.29, 1.82) is 5.26 Å². The second-order valence-corrected chi connectivity index (χ2v) is 5.15. The fourth-order valence-electron chi connectivity index (χ4n) is 2.31. The molecule has 0 bridgehead atoms. The van der Waals surface area contributed by atoms with Gasteiger partial charge in [-0.25, -0.2) is 0 Å². The molecule has 1 aromatic rings. The quantitative estimate of drug-likeness (QED) is 0.790.